The van der Waals surface area contributed by atoms with Crippen LogP contribution in [0.5, 0.6) is 0 Å². The van der Waals surface area contributed by atoms with E-state index in [1.807, 2.05) is 6.08 Å². The summed E-state index contributed by atoms with van der Waals surface area (Å²) in [6, 6.07) is 0. The highest BCUT2D eigenvalue weighted by Gasteiger charge is 2.08. The van der Waals surface area contributed by atoms with Crippen LogP contribution in [0.25, 0.3) is 0 Å². The van der Waals surface area contributed by atoms with Gasteiger partial charge in [0.2, 0.25) is 0 Å². The third-order valence-corrected chi connectivity index (χ3v) is 4.99. The fourth-order valence-electron chi connectivity index (χ4n) is 3.35. The Morgan fingerprint density at radius 2 is 1.12 bits per heavy atom. The van der Waals surface area contributed by atoms with Crippen molar-refractivity contribution >= 4 is 5.97 Å². The molecule has 0 saturated carbocycles. The van der Waals surface area contributed by atoms with E-state index in [0.717, 1.165) is 25.7 Å². The molecule has 0 aliphatic carbocycles. The molecule has 0 saturated heterocycles. The first-order chi connectivity index (χ1) is 12.8. The van der Waals surface area contributed by atoms with E-state index in [1.54, 1.807) is 0 Å². The molecule has 0 aromatic carbocycles. The highest BCUT2D eigenvalue weighted by Crippen LogP contribution is 2.13. The van der Waals surface area contributed by atoms with Crippen molar-refractivity contribution in [3.8, 4) is 0 Å². The first-order valence-corrected chi connectivity index (χ1v) is 11.0. The van der Waals surface area contributed by atoms with Crippen LogP contribution in [-0.2, 0) is 9.53 Å². The molecule has 3 nitrogen and oxygen atoms in total. The van der Waals surface area contributed by atoms with E-state index < -0.39 is 6.23 Å². The van der Waals surface area contributed by atoms with Crippen molar-refractivity contribution in [2.24, 2.45) is 5.73 Å². The van der Waals surface area contributed by atoms with Crippen LogP contribution in [0.15, 0.2) is 24.3 Å². The lowest BCUT2D eigenvalue weighted by Crippen LogP contribution is -2.26. The van der Waals surface area contributed by atoms with Gasteiger partial charge in [-0.1, -0.05) is 88.5 Å². The second kappa shape index (κ2) is 17.3. The van der Waals surface area contributed by atoms with Crippen LogP contribution in [0.4, 0.5) is 0 Å². The van der Waals surface area contributed by atoms with Gasteiger partial charge in [0, 0.05) is 12.8 Å². The van der Waals surface area contributed by atoms with Gasteiger partial charge in [0.05, 0.1) is 0 Å². The van der Waals surface area contributed by atoms with Gasteiger partial charge in [0.15, 0.2) is 6.23 Å². The van der Waals surface area contributed by atoms with Crippen LogP contribution in [0.1, 0.15) is 109 Å². The molecule has 1 rings (SSSR count). The van der Waals surface area contributed by atoms with Crippen LogP contribution in [-0.4, -0.2) is 12.2 Å². The predicted octanol–water partition coefficient (Wildman–Crippen LogP) is 6.57. The molecular weight excluding hydrogens is 322 g/mol. The number of carbonyl (C=O) groups excluding carboxylic acids is 1. The minimum absolute atomic E-state index is 0.150. The molecular formula is C23H41NO2. The van der Waals surface area contributed by atoms with Crippen LogP contribution in [0.3, 0.4) is 0 Å². The Kier molecular flexibility index (Phi) is 15.3. The number of esters is 1. The molecule has 1 heterocycles. The molecule has 1 aliphatic rings. The first kappa shape index (κ1) is 23.0. The van der Waals surface area contributed by atoms with E-state index in [0.29, 0.717) is 12.8 Å². The average molecular weight is 364 g/mol. The third-order valence-electron chi connectivity index (χ3n) is 4.99. The summed E-state index contributed by atoms with van der Waals surface area (Å²) in [7, 11) is 0. The normalized spacial score (nSPS) is 27.0. The Balaban J connectivity index is 2.25. The molecule has 0 aromatic rings. The van der Waals surface area contributed by atoms with Crippen LogP contribution in [0, 0.1) is 0 Å². The van der Waals surface area contributed by atoms with Gasteiger partial charge in [-0.25, -0.2) is 0 Å². The van der Waals surface area contributed by atoms with Gasteiger partial charge in [-0.05, 0) is 32.1 Å². The average Bonchev–Trinajstić information content (AvgIpc) is 2.62. The predicted molar refractivity (Wildman–Crippen MR) is 111 cm³/mol. The number of cyclic esters (lactones) is 1. The minimum Gasteiger partial charge on any atom is -0.446 e. The van der Waals surface area contributed by atoms with Gasteiger partial charge >= 0.3 is 5.97 Å². The Labute approximate surface area is 161 Å². The van der Waals surface area contributed by atoms with E-state index in [4.69, 9.17) is 10.5 Å². The summed E-state index contributed by atoms with van der Waals surface area (Å²) in [4.78, 5) is 11.8. The lowest BCUT2D eigenvalue weighted by Gasteiger charge is -2.11. The van der Waals surface area contributed by atoms with Gasteiger partial charge < -0.3 is 4.74 Å². The fraction of sp³-hybridized carbons (Fsp3) is 0.783. The molecule has 150 valence electrons. The van der Waals surface area contributed by atoms with E-state index in [-0.39, 0.29) is 5.97 Å². The van der Waals surface area contributed by atoms with Crippen molar-refractivity contribution in [3.05, 3.63) is 24.3 Å². The van der Waals surface area contributed by atoms with Gasteiger partial charge in [-0.3, -0.25) is 10.5 Å². The molecule has 0 fully saturated rings. The first-order valence-electron chi connectivity index (χ1n) is 11.0. The molecule has 0 radical (unpaired) electrons. The second-order valence-corrected chi connectivity index (χ2v) is 7.57. The number of ether oxygens (including phenoxy) is 1. The molecule has 0 bridgehead atoms. The number of nitrogens with two attached hydrogens (primary N) is 1. The third kappa shape index (κ3) is 15.2. The Hall–Kier alpha value is -1.09. The number of carbonyl (C=O) groups is 1. The maximum atomic E-state index is 11.8. The zero-order valence-electron chi connectivity index (χ0n) is 16.8. The zero-order valence-corrected chi connectivity index (χ0v) is 16.8. The molecule has 0 aromatic heterocycles. The van der Waals surface area contributed by atoms with Crippen molar-refractivity contribution in [2.45, 2.75) is 115 Å². The highest BCUT2D eigenvalue weighted by atomic mass is 16.6. The lowest BCUT2D eigenvalue weighted by molar-refractivity contribution is -0.148. The minimum atomic E-state index is -0.500. The van der Waals surface area contributed by atoms with Crippen molar-refractivity contribution in [1.82, 2.24) is 0 Å². The quantitative estimate of drug-likeness (QED) is 0.391. The highest BCUT2D eigenvalue weighted by molar-refractivity contribution is 5.69. The number of allylic oxidation sites excluding steroid dienone is 3. The summed E-state index contributed by atoms with van der Waals surface area (Å²) in [6.45, 7) is 0. The summed E-state index contributed by atoms with van der Waals surface area (Å²) >= 11 is 0. The van der Waals surface area contributed by atoms with Crippen molar-refractivity contribution in [2.75, 3.05) is 0 Å². The molecule has 1 atom stereocenters. The van der Waals surface area contributed by atoms with E-state index >= 15 is 0 Å². The number of hydrogen-bond donors (Lipinski definition) is 1. The Bertz CT molecular complexity index is 390. The monoisotopic (exact) mass is 363 g/mol. The van der Waals surface area contributed by atoms with Crippen LogP contribution in [0.2, 0.25) is 0 Å². The van der Waals surface area contributed by atoms with Gasteiger partial charge in [0.25, 0.3) is 0 Å². The number of rotatable bonds is 0. The SMILES string of the molecule is N[C@H]1C/C=C/CC/C=C/CCCCCCCCCCCCCCC(=O)O1. The van der Waals surface area contributed by atoms with Crippen LogP contribution < -0.4 is 5.73 Å². The van der Waals surface area contributed by atoms with Gasteiger partial charge in [-0.2, -0.15) is 0 Å². The van der Waals surface area contributed by atoms with Gasteiger partial charge in [-0.15, -0.1) is 0 Å². The maximum Gasteiger partial charge on any atom is 0.307 e. The molecule has 2 N–H and O–H groups in total. The van der Waals surface area contributed by atoms with Crippen LogP contribution >= 0.6 is 0 Å². The smallest absolute Gasteiger partial charge is 0.307 e. The topological polar surface area (TPSA) is 52.3 Å². The van der Waals surface area contributed by atoms with Crippen molar-refractivity contribution in [1.29, 1.82) is 0 Å². The molecule has 0 unspecified atom stereocenters. The summed E-state index contributed by atoms with van der Waals surface area (Å²) in [6.07, 6.45) is 28.3. The van der Waals surface area contributed by atoms with E-state index in [1.165, 1.54) is 70.6 Å². The standard InChI is InChI=1S/C23H41NO2/c24-22-20-18-16-14-12-10-8-6-4-2-1-3-5-7-9-11-13-15-17-19-21-23(25)26-22/h8,10,16,18,22H,1-7,9,11-15,17,19-21,24H2/b10-8+,18-16+/t22-/m1/s1. The molecule has 1 aliphatic heterocycles. The maximum absolute atomic E-state index is 11.8. The van der Waals surface area contributed by atoms with E-state index in [2.05, 4.69) is 18.2 Å². The van der Waals surface area contributed by atoms with Crippen molar-refractivity contribution in [3.63, 3.8) is 0 Å². The fourth-order valence-corrected chi connectivity index (χ4v) is 3.35. The second-order valence-electron chi connectivity index (χ2n) is 7.57. The summed E-state index contributed by atoms with van der Waals surface area (Å²) in [5.41, 5.74) is 5.87. The summed E-state index contributed by atoms with van der Waals surface area (Å²) in [5, 5.41) is 0. The zero-order chi connectivity index (χ0) is 18.7. The van der Waals surface area contributed by atoms with Crippen molar-refractivity contribution < 1.29 is 9.53 Å². The van der Waals surface area contributed by atoms with E-state index in [9.17, 15) is 4.79 Å². The molecule has 0 amide bonds. The largest absolute Gasteiger partial charge is 0.446 e. The Morgan fingerprint density at radius 3 is 1.73 bits per heavy atom. The summed E-state index contributed by atoms with van der Waals surface area (Å²) < 4.78 is 5.26. The molecule has 3 heteroatoms. The number of hydrogen-bond acceptors (Lipinski definition) is 3. The molecule has 26 heavy (non-hydrogen) atoms. The Morgan fingerprint density at radius 1 is 0.654 bits per heavy atom. The molecule has 0 spiro atoms. The summed E-state index contributed by atoms with van der Waals surface area (Å²) in [5.74, 6) is -0.150. The van der Waals surface area contributed by atoms with Gasteiger partial charge in [0.1, 0.15) is 0 Å². The lowest BCUT2D eigenvalue weighted by atomic mass is 10.0.